The van der Waals surface area contributed by atoms with Crippen molar-refractivity contribution in [3.63, 3.8) is 0 Å². The molecule has 1 N–H and O–H groups in total. The van der Waals surface area contributed by atoms with Crippen LogP contribution in [-0.4, -0.2) is 13.1 Å². The smallest absolute Gasteiger partial charge is 0.00125 e. The first-order valence-electron chi connectivity index (χ1n) is 9.53. The SMILES string of the molecule is C1CCC(C2CNCCC23CCC2(CCCC2)CC3)C1. The molecule has 0 radical (unpaired) electrons. The van der Waals surface area contributed by atoms with Crippen molar-refractivity contribution in [3.05, 3.63) is 0 Å². The van der Waals surface area contributed by atoms with Gasteiger partial charge in [-0.2, -0.15) is 0 Å². The molecule has 3 saturated carbocycles. The van der Waals surface area contributed by atoms with E-state index < -0.39 is 0 Å². The molecule has 3 aliphatic carbocycles. The molecule has 0 aromatic heterocycles. The van der Waals surface area contributed by atoms with E-state index >= 15 is 0 Å². The van der Waals surface area contributed by atoms with Crippen LogP contribution in [0.4, 0.5) is 0 Å². The lowest BCUT2D eigenvalue weighted by molar-refractivity contribution is -0.0170. The van der Waals surface area contributed by atoms with Gasteiger partial charge in [0.1, 0.15) is 0 Å². The molecule has 1 saturated heterocycles. The van der Waals surface area contributed by atoms with Crippen molar-refractivity contribution in [2.75, 3.05) is 13.1 Å². The molecule has 1 atom stereocenters. The highest BCUT2D eigenvalue weighted by Crippen LogP contribution is 2.59. The van der Waals surface area contributed by atoms with Crippen LogP contribution in [0, 0.1) is 22.7 Å². The Bertz CT molecular complexity index is 326. The lowest BCUT2D eigenvalue weighted by Crippen LogP contribution is -2.50. The second kappa shape index (κ2) is 5.30. The molecule has 1 aliphatic heterocycles. The van der Waals surface area contributed by atoms with Crippen molar-refractivity contribution in [3.8, 4) is 0 Å². The van der Waals surface area contributed by atoms with Gasteiger partial charge in [0.25, 0.3) is 0 Å². The van der Waals surface area contributed by atoms with Gasteiger partial charge in [-0.05, 0) is 80.7 Å². The van der Waals surface area contributed by atoms with Gasteiger partial charge < -0.3 is 5.32 Å². The largest absolute Gasteiger partial charge is 0.316 e. The highest BCUT2D eigenvalue weighted by Gasteiger charge is 2.50. The van der Waals surface area contributed by atoms with Crippen LogP contribution in [0.2, 0.25) is 0 Å². The molecule has 0 amide bonds. The van der Waals surface area contributed by atoms with Crippen LogP contribution in [0.15, 0.2) is 0 Å². The normalized spacial score (nSPS) is 36.9. The Kier molecular flexibility index (Phi) is 3.61. The second-order valence-electron chi connectivity index (χ2n) is 8.67. The van der Waals surface area contributed by atoms with Gasteiger partial charge in [0.15, 0.2) is 0 Å². The lowest BCUT2D eigenvalue weighted by Gasteiger charge is -2.53. The first kappa shape index (κ1) is 13.6. The maximum absolute atomic E-state index is 3.74. The van der Waals surface area contributed by atoms with E-state index in [1.54, 1.807) is 51.4 Å². The third kappa shape index (κ3) is 2.25. The van der Waals surface area contributed by atoms with Crippen LogP contribution in [0.25, 0.3) is 0 Å². The van der Waals surface area contributed by atoms with Crippen LogP contribution < -0.4 is 5.32 Å². The fraction of sp³-hybridized carbons (Fsp3) is 1.00. The van der Waals surface area contributed by atoms with Crippen molar-refractivity contribution in [2.45, 2.75) is 83.5 Å². The minimum atomic E-state index is 0.758. The zero-order valence-electron chi connectivity index (χ0n) is 13.3. The number of piperidine rings is 1. The van der Waals surface area contributed by atoms with Crippen molar-refractivity contribution < 1.29 is 0 Å². The van der Waals surface area contributed by atoms with Gasteiger partial charge in [0.05, 0.1) is 0 Å². The minimum Gasteiger partial charge on any atom is -0.316 e. The van der Waals surface area contributed by atoms with Crippen LogP contribution in [0.5, 0.6) is 0 Å². The Balaban J connectivity index is 1.49. The van der Waals surface area contributed by atoms with E-state index in [0.717, 1.165) is 22.7 Å². The summed E-state index contributed by atoms with van der Waals surface area (Å²) in [5, 5.41) is 3.74. The van der Waals surface area contributed by atoms with E-state index in [0.29, 0.717) is 0 Å². The van der Waals surface area contributed by atoms with Crippen molar-refractivity contribution in [1.82, 2.24) is 5.32 Å². The summed E-state index contributed by atoms with van der Waals surface area (Å²) in [6, 6.07) is 0. The van der Waals surface area contributed by atoms with E-state index in [9.17, 15) is 0 Å². The molecule has 0 aromatic carbocycles. The van der Waals surface area contributed by atoms with E-state index in [2.05, 4.69) is 5.32 Å². The first-order chi connectivity index (χ1) is 9.82. The molecule has 114 valence electrons. The van der Waals surface area contributed by atoms with Gasteiger partial charge >= 0.3 is 0 Å². The van der Waals surface area contributed by atoms with Gasteiger partial charge in [0, 0.05) is 0 Å². The summed E-state index contributed by atoms with van der Waals surface area (Å²) in [6.45, 7) is 2.65. The summed E-state index contributed by atoms with van der Waals surface area (Å²) in [4.78, 5) is 0. The van der Waals surface area contributed by atoms with E-state index in [-0.39, 0.29) is 0 Å². The molecular weight excluding hydrogens is 242 g/mol. The number of nitrogens with one attached hydrogen (secondary N) is 1. The number of rotatable bonds is 1. The van der Waals surface area contributed by atoms with Crippen molar-refractivity contribution in [1.29, 1.82) is 0 Å². The molecule has 1 nitrogen and oxygen atoms in total. The Morgan fingerprint density at radius 1 is 0.700 bits per heavy atom. The van der Waals surface area contributed by atoms with E-state index in [1.807, 2.05) is 0 Å². The zero-order valence-corrected chi connectivity index (χ0v) is 13.3. The van der Waals surface area contributed by atoms with E-state index in [1.165, 1.54) is 45.2 Å². The van der Waals surface area contributed by atoms with Crippen LogP contribution >= 0.6 is 0 Å². The summed E-state index contributed by atoms with van der Waals surface area (Å²) >= 11 is 0. The molecule has 4 rings (SSSR count). The Hall–Kier alpha value is -0.0400. The average Bonchev–Trinajstić information content (AvgIpc) is 3.16. The molecular formula is C19H33N. The average molecular weight is 275 g/mol. The second-order valence-corrected chi connectivity index (χ2v) is 8.67. The highest BCUT2D eigenvalue weighted by molar-refractivity contribution is 5.02. The lowest BCUT2D eigenvalue weighted by atomic mass is 9.54. The fourth-order valence-corrected chi connectivity index (χ4v) is 6.55. The summed E-state index contributed by atoms with van der Waals surface area (Å²) in [6.07, 6.45) is 20.1. The molecule has 2 spiro atoms. The Morgan fingerprint density at radius 3 is 2.10 bits per heavy atom. The summed E-state index contributed by atoms with van der Waals surface area (Å²) in [5.41, 5.74) is 1.57. The third-order valence-electron chi connectivity index (χ3n) is 7.89. The summed E-state index contributed by atoms with van der Waals surface area (Å²) < 4.78 is 0. The topological polar surface area (TPSA) is 12.0 Å². The Morgan fingerprint density at radius 2 is 1.40 bits per heavy atom. The van der Waals surface area contributed by atoms with Crippen LogP contribution in [-0.2, 0) is 0 Å². The van der Waals surface area contributed by atoms with E-state index in [4.69, 9.17) is 0 Å². The molecule has 0 bridgehead atoms. The number of hydrogen-bond acceptors (Lipinski definition) is 1. The fourth-order valence-electron chi connectivity index (χ4n) is 6.55. The standard InChI is InChI=1S/C19H33N/c1-2-6-16(5-1)17-15-20-14-13-19(17)11-9-18(10-12-19)7-3-4-8-18/h16-17,20H,1-15H2. The summed E-state index contributed by atoms with van der Waals surface area (Å²) in [5.74, 6) is 2.10. The molecule has 1 heterocycles. The van der Waals surface area contributed by atoms with Crippen molar-refractivity contribution >= 4 is 0 Å². The zero-order chi connectivity index (χ0) is 13.5. The minimum absolute atomic E-state index is 0.758. The van der Waals surface area contributed by atoms with Crippen LogP contribution in [0.1, 0.15) is 83.5 Å². The predicted octanol–water partition coefficient (Wildman–Crippen LogP) is 4.91. The van der Waals surface area contributed by atoms with Gasteiger partial charge in [-0.3, -0.25) is 0 Å². The maximum Gasteiger partial charge on any atom is -0.00125 e. The van der Waals surface area contributed by atoms with Crippen molar-refractivity contribution in [2.24, 2.45) is 22.7 Å². The third-order valence-corrected chi connectivity index (χ3v) is 7.89. The van der Waals surface area contributed by atoms with Gasteiger partial charge in [-0.1, -0.05) is 38.5 Å². The quantitative estimate of drug-likeness (QED) is 0.717. The maximum atomic E-state index is 3.74. The summed E-state index contributed by atoms with van der Waals surface area (Å²) in [7, 11) is 0. The van der Waals surface area contributed by atoms with Gasteiger partial charge in [-0.15, -0.1) is 0 Å². The Labute approximate surface area is 125 Å². The molecule has 4 aliphatic rings. The molecule has 20 heavy (non-hydrogen) atoms. The molecule has 0 aromatic rings. The molecule has 1 heteroatoms. The van der Waals surface area contributed by atoms with Crippen LogP contribution in [0.3, 0.4) is 0 Å². The molecule has 4 fully saturated rings. The molecule has 1 unspecified atom stereocenters. The predicted molar refractivity (Wildman–Crippen MR) is 84.7 cm³/mol. The number of hydrogen-bond donors (Lipinski definition) is 1. The monoisotopic (exact) mass is 275 g/mol. The van der Waals surface area contributed by atoms with Gasteiger partial charge in [0.2, 0.25) is 0 Å². The first-order valence-corrected chi connectivity index (χ1v) is 9.53. The van der Waals surface area contributed by atoms with Gasteiger partial charge in [-0.25, -0.2) is 0 Å². The highest BCUT2D eigenvalue weighted by atomic mass is 14.9.